The first-order chi connectivity index (χ1) is 13.0. The third-order valence-corrected chi connectivity index (χ3v) is 5.73. The highest BCUT2D eigenvalue weighted by Crippen LogP contribution is 2.37. The van der Waals surface area contributed by atoms with E-state index in [9.17, 15) is 8.78 Å². The minimum atomic E-state index is -0.369. The summed E-state index contributed by atoms with van der Waals surface area (Å²) in [5, 5.41) is 1.13. The Kier molecular flexibility index (Phi) is 7.09. The number of aromatic amines is 1. The molecule has 1 heterocycles. The van der Waals surface area contributed by atoms with Crippen LogP contribution in [0.3, 0.4) is 0 Å². The van der Waals surface area contributed by atoms with Crippen molar-refractivity contribution in [3.05, 3.63) is 69.9 Å². The number of fused-ring (bicyclic) bond motifs is 1. The molecule has 0 aliphatic heterocycles. The monoisotopic (exact) mass is 427 g/mol. The van der Waals surface area contributed by atoms with Crippen LogP contribution in [0.5, 0.6) is 0 Å². The van der Waals surface area contributed by atoms with Crippen molar-refractivity contribution in [1.29, 1.82) is 0 Å². The van der Waals surface area contributed by atoms with Crippen molar-refractivity contribution in [1.82, 2.24) is 4.98 Å². The van der Waals surface area contributed by atoms with Crippen LogP contribution >= 0.6 is 35.4 Å². The van der Waals surface area contributed by atoms with Gasteiger partial charge in [-0.15, -0.1) is 0 Å². The first-order valence-electron chi connectivity index (χ1n) is 8.44. The number of aromatic nitrogens is 1. The lowest BCUT2D eigenvalue weighted by Crippen LogP contribution is -2.06. The van der Waals surface area contributed by atoms with E-state index in [0.717, 1.165) is 22.0 Å². The Morgan fingerprint density at radius 2 is 1.96 bits per heavy atom. The van der Waals surface area contributed by atoms with E-state index in [0.29, 0.717) is 29.4 Å². The summed E-state index contributed by atoms with van der Waals surface area (Å²) in [6.07, 6.45) is 6.24. The van der Waals surface area contributed by atoms with Crippen LogP contribution in [0.25, 0.3) is 10.9 Å². The average Bonchev–Trinajstić information content (AvgIpc) is 3.03. The van der Waals surface area contributed by atoms with E-state index in [4.69, 9.17) is 15.8 Å². The van der Waals surface area contributed by atoms with Crippen LogP contribution in [0.2, 0.25) is 5.02 Å². The van der Waals surface area contributed by atoms with Crippen LogP contribution in [0.15, 0.2) is 36.5 Å². The van der Waals surface area contributed by atoms with Crippen LogP contribution < -0.4 is 0 Å². The van der Waals surface area contributed by atoms with Crippen LogP contribution in [-0.2, 0) is 9.94 Å². The van der Waals surface area contributed by atoms with Gasteiger partial charge in [-0.3, -0.25) is 0 Å². The SMILES string of the molecule is CSCc1cc(F)cc2c(C(CCOSC)c3ccc(Cl)cc3F)c[nH]c12. The second-order valence-electron chi connectivity index (χ2n) is 6.16. The van der Waals surface area contributed by atoms with Crippen LogP contribution in [0.4, 0.5) is 8.78 Å². The average molecular weight is 428 g/mol. The van der Waals surface area contributed by atoms with E-state index in [2.05, 4.69) is 4.98 Å². The number of nitrogens with one attached hydrogen (secondary N) is 1. The highest BCUT2D eigenvalue weighted by atomic mass is 35.5. The Labute approximate surface area is 171 Å². The normalized spacial score (nSPS) is 12.6. The molecule has 0 aliphatic carbocycles. The Bertz CT molecular complexity index is 932. The quantitative estimate of drug-likeness (QED) is 0.317. The van der Waals surface area contributed by atoms with Crippen molar-refractivity contribution >= 4 is 46.3 Å². The van der Waals surface area contributed by atoms with Crippen molar-refractivity contribution in [2.75, 3.05) is 19.1 Å². The molecule has 0 amide bonds. The fraction of sp³-hybridized carbons (Fsp3) is 0.300. The molecule has 1 aromatic heterocycles. The largest absolute Gasteiger partial charge is 0.361 e. The van der Waals surface area contributed by atoms with Gasteiger partial charge in [0.1, 0.15) is 11.6 Å². The first-order valence-corrected chi connectivity index (χ1v) is 11.4. The number of rotatable bonds is 8. The number of hydrogen-bond donors (Lipinski definition) is 1. The summed E-state index contributed by atoms with van der Waals surface area (Å²) in [4.78, 5) is 3.27. The molecule has 144 valence electrons. The third kappa shape index (κ3) is 4.62. The van der Waals surface area contributed by atoms with Gasteiger partial charge >= 0.3 is 0 Å². The fourth-order valence-corrected chi connectivity index (χ4v) is 4.32. The van der Waals surface area contributed by atoms with Gasteiger partial charge in [0, 0.05) is 40.0 Å². The first kappa shape index (κ1) is 20.5. The summed E-state index contributed by atoms with van der Waals surface area (Å²) in [7, 11) is 0. The summed E-state index contributed by atoms with van der Waals surface area (Å²) < 4.78 is 34.3. The molecule has 1 unspecified atom stereocenters. The molecule has 0 saturated heterocycles. The molecule has 27 heavy (non-hydrogen) atoms. The van der Waals surface area contributed by atoms with E-state index in [1.54, 1.807) is 30.0 Å². The van der Waals surface area contributed by atoms with Crippen LogP contribution in [0.1, 0.15) is 29.0 Å². The molecule has 0 saturated carbocycles. The molecule has 2 aromatic carbocycles. The number of thioether (sulfide) groups is 1. The lowest BCUT2D eigenvalue weighted by molar-refractivity contribution is 0.355. The Balaban J connectivity index is 2.11. The van der Waals surface area contributed by atoms with Gasteiger partial charge in [0.2, 0.25) is 0 Å². The van der Waals surface area contributed by atoms with Crippen molar-refractivity contribution in [2.45, 2.75) is 18.1 Å². The number of hydrogen-bond acceptors (Lipinski definition) is 3. The molecule has 2 nitrogen and oxygen atoms in total. The standard InChI is InChI=1S/C20H20ClF2NOS2/c1-26-11-12-7-14(22)9-17-18(10-24-20(12)17)15(5-6-25-27-2)16-4-3-13(21)8-19(16)23/h3-4,7-10,15,24H,5-6,11H2,1-2H3. The maximum absolute atomic E-state index is 14.7. The summed E-state index contributed by atoms with van der Waals surface area (Å²) in [5.41, 5.74) is 3.18. The molecule has 0 bridgehead atoms. The lowest BCUT2D eigenvalue weighted by Gasteiger charge is -2.18. The van der Waals surface area contributed by atoms with Gasteiger partial charge in [-0.2, -0.15) is 11.8 Å². The summed E-state index contributed by atoms with van der Waals surface area (Å²) in [5.74, 6) is -0.231. The highest BCUT2D eigenvalue weighted by Gasteiger charge is 2.23. The molecule has 7 heteroatoms. The molecular weight excluding hydrogens is 408 g/mol. The Hall–Kier alpha value is -1.21. The zero-order valence-corrected chi connectivity index (χ0v) is 17.4. The smallest absolute Gasteiger partial charge is 0.128 e. The predicted octanol–water partition coefficient (Wildman–Crippen LogP) is 6.78. The van der Waals surface area contributed by atoms with Gasteiger partial charge in [0.25, 0.3) is 0 Å². The molecule has 0 aliphatic rings. The summed E-state index contributed by atoms with van der Waals surface area (Å²) >= 11 is 8.82. The summed E-state index contributed by atoms with van der Waals surface area (Å²) in [6.45, 7) is 0.452. The van der Waals surface area contributed by atoms with Crippen LogP contribution in [0, 0.1) is 11.6 Å². The van der Waals surface area contributed by atoms with Crippen molar-refractivity contribution in [2.24, 2.45) is 0 Å². The van der Waals surface area contributed by atoms with Crippen molar-refractivity contribution in [3.8, 4) is 0 Å². The van der Waals surface area contributed by atoms with E-state index < -0.39 is 0 Å². The molecular formula is C20H20ClF2NOS2. The minimum Gasteiger partial charge on any atom is -0.361 e. The zero-order valence-electron chi connectivity index (χ0n) is 15.0. The Morgan fingerprint density at radius 1 is 1.15 bits per heavy atom. The third-order valence-electron chi connectivity index (χ3n) is 4.49. The molecule has 0 fully saturated rings. The van der Waals surface area contributed by atoms with Gasteiger partial charge in [0.15, 0.2) is 0 Å². The topological polar surface area (TPSA) is 25.0 Å². The van der Waals surface area contributed by atoms with Gasteiger partial charge in [0.05, 0.1) is 6.61 Å². The molecule has 1 atom stereocenters. The van der Waals surface area contributed by atoms with Gasteiger partial charge in [-0.1, -0.05) is 17.7 Å². The van der Waals surface area contributed by atoms with Gasteiger partial charge < -0.3 is 9.17 Å². The molecule has 3 aromatic rings. The maximum atomic E-state index is 14.7. The van der Waals surface area contributed by atoms with Crippen LogP contribution in [-0.4, -0.2) is 24.1 Å². The van der Waals surface area contributed by atoms with E-state index in [1.165, 1.54) is 24.2 Å². The second kappa shape index (κ2) is 9.32. The predicted molar refractivity (Wildman–Crippen MR) is 113 cm³/mol. The maximum Gasteiger partial charge on any atom is 0.128 e. The number of halogens is 3. The minimum absolute atomic E-state index is 0.271. The Morgan fingerprint density at radius 3 is 2.67 bits per heavy atom. The van der Waals surface area contributed by atoms with Crippen molar-refractivity contribution in [3.63, 3.8) is 0 Å². The zero-order chi connectivity index (χ0) is 19.4. The molecule has 0 radical (unpaired) electrons. The molecule has 1 N–H and O–H groups in total. The fourth-order valence-electron chi connectivity index (χ4n) is 3.36. The second-order valence-corrected chi connectivity index (χ2v) is 8.03. The highest BCUT2D eigenvalue weighted by molar-refractivity contribution is 7.97. The van der Waals surface area contributed by atoms with E-state index >= 15 is 0 Å². The number of benzene rings is 2. The van der Waals surface area contributed by atoms with Gasteiger partial charge in [-0.05, 0) is 65.7 Å². The lowest BCUT2D eigenvalue weighted by atomic mass is 9.88. The van der Waals surface area contributed by atoms with Crippen molar-refractivity contribution < 1.29 is 13.0 Å². The summed E-state index contributed by atoms with van der Waals surface area (Å²) in [6, 6.07) is 7.75. The van der Waals surface area contributed by atoms with Gasteiger partial charge in [-0.25, -0.2) is 8.78 Å². The molecule has 3 rings (SSSR count). The van der Waals surface area contributed by atoms with E-state index in [1.807, 2.05) is 18.7 Å². The molecule has 0 spiro atoms. The number of H-pyrrole nitrogens is 1. The van der Waals surface area contributed by atoms with E-state index in [-0.39, 0.29) is 17.6 Å².